The highest BCUT2D eigenvalue weighted by atomic mass is 19.1. The van der Waals surface area contributed by atoms with Crippen LogP contribution in [0.25, 0.3) is 10.8 Å². The van der Waals surface area contributed by atoms with Crippen LogP contribution in [0.3, 0.4) is 0 Å². The van der Waals surface area contributed by atoms with Crippen molar-refractivity contribution in [2.75, 3.05) is 0 Å². The molecule has 0 saturated heterocycles. The Morgan fingerprint density at radius 3 is 2.07 bits per heavy atom. The van der Waals surface area contributed by atoms with Crippen LogP contribution in [0.2, 0.25) is 0 Å². The summed E-state index contributed by atoms with van der Waals surface area (Å²) in [7, 11) is 0. The first-order valence-electron chi connectivity index (χ1n) is 10.2. The molecular formula is C28H22F2. The summed E-state index contributed by atoms with van der Waals surface area (Å²) in [6, 6.07) is 24.1. The molecule has 0 aromatic heterocycles. The molecule has 0 N–H and O–H groups in total. The maximum Gasteiger partial charge on any atom is 0.126 e. The summed E-state index contributed by atoms with van der Waals surface area (Å²) < 4.78 is 27.4. The van der Waals surface area contributed by atoms with Crippen molar-refractivity contribution in [3.8, 4) is 11.8 Å². The van der Waals surface area contributed by atoms with Crippen molar-refractivity contribution >= 4 is 10.8 Å². The van der Waals surface area contributed by atoms with Gasteiger partial charge in [-0.15, -0.1) is 0 Å². The Kier molecular flexibility index (Phi) is 5.91. The van der Waals surface area contributed by atoms with Crippen LogP contribution in [0, 0.1) is 23.5 Å². The van der Waals surface area contributed by atoms with Gasteiger partial charge < -0.3 is 0 Å². The minimum Gasteiger partial charge on any atom is -0.207 e. The number of hydrogen-bond donors (Lipinski definition) is 0. The number of aryl methyl sites for hydroxylation is 3. The van der Waals surface area contributed by atoms with Crippen molar-refractivity contribution in [1.82, 2.24) is 0 Å². The molecule has 148 valence electrons. The van der Waals surface area contributed by atoms with E-state index in [4.69, 9.17) is 0 Å². The molecule has 2 heteroatoms. The van der Waals surface area contributed by atoms with Gasteiger partial charge in [0.05, 0.1) is 0 Å². The summed E-state index contributed by atoms with van der Waals surface area (Å²) >= 11 is 0. The van der Waals surface area contributed by atoms with Gasteiger partial charge >= 0.3 is 0 Å². The average molecular weight is 396 g/mol. The lowest BCUT2D eigenvalue weighted by atomic mass is 10.0. The Balaban J connectivity index is 1.42. The Morgan fingerprint density at radius 1 is 0.633 bits per heavy atom. The number of fused-ring (bicyclic) bond motifs is 1. The van der Waals surface area contributed by atoms with Gasteiger partial charge in [0.2, 0.25) is 0 Å². The highest BCUT2D eigenvalue weighted by Crippen LogP contribution is 2.17. The Hall–Kier alpha value is -3.44. The third-order valence-corrected chi connectivity index (χ3v) is 5.32. The largest absolute Gasteiger partial charge is 0.207 e. The molecule has 0 bridgehead atoms. The molecule has 4 aromatic carbocycles. The summed E-state index contributed by atoms with van der Waals surface area (Å²) in [4.78, 5) is 0. The third kappa shape index (κ3) is 4.75. The molecule has 0 saturated carbocycles. The van der Waals surface area contributed by atoms with Crippen molar-refractivity contribution in [2.24, 2.45) is 0 Å². The fourth-order valence-corrected chi connectivity index (χ4v) is 3.49. The zero-order valence-corrected chi connectivity index (χ0v) is 16.9. The van der Waals surface area contributed by atoms with Crippen molar-refractivity contribution in [3.05, 3.63) is 118 Å². The Morgan fingerprint density at radius 2 is 1.30 bits per heavy atom. The maximum absolute atomic E-state index is 14.1. The van der Waals surface area contributed by atoms with E-state index in [1.807, 2.05) is 61.5 Å². The molecule has 0 aliphatic heterocycles. The van der Waals surface area contributed by atoms with E-state index in [0.29, 0.717) is 6.42 Å². The van der Waals surface area contributed by atoms with E-state index in [2.05, 4.69) is 11.8 Å². The Labute approximate surface area is 176 Å². The standard InChI is InChI=1S/C28H22F2/c1-2-20-9-12-24(28(30)18-20)13-10-22-5-3-21(4-6-22)7-8-23-11-14-26-19-27(29)16-15-25(26)17-23/h3-6,9,11-12,14-19H,2,10,13H2,1H3. The molecule has 0 amide bonds. The summed E-state index contributed by atoms with van der Waals surface area (Å²) in [6.45, 7) is 2.03. The van der Waals surface area contributed by atoms with Crippen LogP contribution in [0.4, 0.5) is 8.78 Å². The van der Waals surface area contributed by atoms with Crippen molar-refractivity contribution in [3.63, 3.8) is 0 Å². The molecule has 0 unspecified atom stereocenters. The lowest BCUT2D eigenvalue weighted by Crippen LogP contribution is -1.96. The highest BCUT2D eigenvalue weighted by Gasteiger charge is 2.04. The predicted molar refractivity (Wildman–Crippen MR) is 120 cm³/mol. The van der Waals surface area contributed by atoms with Gasteiger partial charge in [-0.2, -0.15) is 0 Å². The van der Waals surface area contributed by atoms with E-state index in [0.717, 1.165) is 51.4 Å². The number of benzene rings is 4. The molecule has 4 aromatic rings. The highest BCUT2D eigenvalue weighted by molar-refractivity contribution is 5.83. The van der Waals surface area contributed by atoms with Gasteiger partial charge in [-0.3, -0.25) is 0 Å². The summed E-state index contributed by atoms with van der Waals surface area (Å²) in [5, 5.41) is 1.84. The van der Waals surface area contributed by atoms with Gasteiger partial charge in [0.1, 0.15) is 11.6 Å². The maximum atomic E-state index is 14.1. The van der Waals surface area contributed by atoms with Crippen LogP contribution >= 0.6 is 0 Å². The van der Waals surface area contributed by atoms with E-state index >= 15 is 0 Å². The van der Waals surface area contributed by atoms with Gasteiger partial charge in [0.15, 0.2) is 0 Å². The van der Waals surface area contributed by atoms with Gasteiger partial charge in [0.25, 0.3) is 0 Å². The molecule has 0 nitrogen and oxygen atoms in total. The fourth-order valence-electron chi connectivity index (χ4n) is 3.49. The van der Waals surface area contributed by atoms with E-state index in [1.165, 1.54) is 12.1 Å². The quantitative estimate of drug-likeness (QED) is 0.330. The monoisotopic (exact) mass is 396 g/mol. The van der Waals surface area contributed by atoms with Crippen molar-refractivity contribution in [2.45, 2.75) is 26.2 Å². The van der Waals surface area contributed by atoms with Crippen LogP contribution in [0.5, 0.6) is 0 Å². The van der Waals surface area contributed by atoms with Crippen LogP contribution in [-0.2, 0) is 19.3 Å². The molecular weight excluding hydrogens is 374 g/mol. The second-order valence-corrected chi connectivity index (χ2v) is 7.43. The van der Waals surface area contributed by atoms with Gasteiger partial charge in [-0.1, -0.05) is 55.2 Å². The minimum atomic E-state index is -0.234. The average Bonchev–Trinajstić information content (AvgIpc) is 2.77. The summed E-state index contributed by atoms with van der Waals surface area (Å²) in [5.74, 6) is 6.00. The minimum absolute atomic E-state index is 0.116. The SMILES string of the molecule is CCc1ccc(CCc2ccc(C#Cc3ccc4cc(F)ccc4c3)cc2)c(F)c1. The normalized spacial score (nSPS) is 10.6. The zero-order chi connectivity index (χ0) is 20.9. The molecule has 0 atom stereocenters. The molecule has 30 heavy (non-hydrogen) atoms. The van der Waals surface area contributed by atoms with E-state index in [-0.39, 0.29) is 11.6 Å². The second kappa shape index (κ2) is 8.93. The molecule has 0 aliphatic carbocycles. The topological polar surface area (TPSA) is 0 Å². The zero-order valence-electron chi connectivity index (χ0n) is 16.9. The van der Waals surface area contributed by atoms with Crippen LogP contribution in [0.15, 0.2) is 78.9 Å². The molecule has 0 spiro atoms. The third-order valence-electron chi connectivity index (χ3n) is 5.32. The lowest BCUT2D eigenvalue weighted by molar-refractivity contribution is 0.606. The van der Waals surface area contributed by atoms with Crippen molar-refractivity contribution in [1.29, 1.82) is 0 Å². The first-order valence-corrected chi connectivity index (χ1v) is 10.2. The predicted octanol–water partition coefficient (Wildman–Crippen LogP) is 6.87. The van der Waals surface area contributed by atoms with Gasteiger partial charge in [-0.25, -0.2) is 8.78 Å². The van der Waals surface area contributed by atoms with Crippen LogP contribution in [0.1, 0.15) is 34.7 Å². The molecule has 0 heterocycles. The number of halogens is 2. The Bertz CT molecular complexity index is 1240. The fraction of sp³-hybridized carbons (Fsp3) is 0.143. The first kappa shape index (κ1) is 19.9. The van der Waals surface area contributed by atoms with Crippen LogP contribution in [-0.4, -0.2) is 0 Å². The summed E-state index contributed by atoms with van der Waals surface area (Å²) in [6.07, 6.45) is 2.31. The van der Waals surface area contributed by atoms with E-state index < -0.39 is 0 Å². The van der Waals surface area contributed by atoms with E-state index in [1.54, 1.807) is 12.1 Å². The molecule has 0 fully saturated rings. The molecule has 0 radical (unpaired) electrons. The van der Waals surface area contributed by atoms with Gasteiger partial charge in [-0.05, 0) is 89.2 Å². The summed E-state index contributed by atoms with van der Waals surface area (Å²) in [5.41, 5.74) is 4.76. The second-order valence-electron chi connectivity index (χ2n) is 7.43. The molecule has 4 rings (SSSR count). The number of hydrogen-bond acceptors (Lipinski definition) is 0. The molecule has 0 aliphatic rings. The smallest absolute Gasteiger partial charge is 0.126 e. The van der Waals surface area contributed by atoms with Gasteiger partial charge in [0, 0.05) is 11.1 Å². The first-order chi connectivity index (χ1) is 14.6. The van der Waals surface area contributed by atoms with Crippen molar-refractivity contribution < 1.29 is 8.78 Å². The van der Waals surface area contributed by atoms with E-state index in [9.17, 15) is 8.78 Å². The lowest BCUT2D eigenvalue weighted by Gasteiger charge is -2.06. The van der Waals surface area contributed by atoms with Crippen LogP contribution < -0.4 is 0 Å². The number of rotatable bonds is 4.